The van der Waals surface area contributed by atoms with Crippen LogP contribution in [0.1, 0.15) is 13.8 Å². The van der Waals surface area contributed by atoms with E-state index in [1.54, 1.807) is 12.1 Å². The minimum atomic E-state index is -0.674. The molecule has 0 radical (unpaired) electrons. The Morgan fingerprint density at radius 1 is 1.10 bits per heavy atom. The molecule has 108 valence electrons. The van der Waals surface area contributed by atoms with Gasteiger partial charge in [0.05, 0.1) is 28.7 Å². The molecule has 4 nitrogen and oxygen atoms in total. The van der Waals surface area contributed by atoms with Crippen molar-refractivity contribution in [2.45, 2.75) is 25.0 Å². The molecule has 3 aliphatic rings. The lowest BCUT2D eigenvalue weighted by atomic mass is 9.73. The fraction of sp³-hybridized carbons (Fsp3) is 0.375. The standard InChI is InChI=1S/C16H14BrNO3/c1-15-6-7-16(2,21-15)12-11(15)13(19)18(14(12)20)10-5-3-4-9(17)8-10/h3-8,11-12H,1-2H3/t11-,12-,15-,16-/m1/s1. The van der Waals surface area contributed by atoms with Gasteiger partial charge in [-0.1, -0.05) is 34.1 Å². The van der Waals surface area contributed by atoms with E-state index < -0.39 is 23.0 Å². The van der Waals surface area contributed by atoms with Crippen LogP contribution in [0.3, 0.4) is 0 Å². The molecule has 3 aliphatic heterocycles. The number of ether oxygens (including phenoxy) is 1. The van der Waals surface area contributed by atoms with Gasteiger partial charge in [0.1, 0.15) is 0 Å². The molecule has 0 saturated carbocycles. The zero-order valence-electron chi connectivity index (χ0n) is 11.7. The normalized spacial score (nSPS) is 40.2. The number of hydrogen-bond acceptors (Lipinski definition) is 3. The Morgan fingerprint density at radius 3 is 2.19 bits per heavy atom. The summed E-state index contributed by atoms with van der Waals surface area (Å²) in [5.74, 6) is -1.20. The number of imide groups is 1. The first-order chi connectivity index (χ1) is 9.86. The summed E-state index contributed by atoms with van der Waals surface area (Å²) in [6.45, 7) is 3.77. The van der Waals surface area contributed by atoms with Crippen molar-refractivity contribution in [3.63, 3.8) is 0 Å². The van der Waals surface area contributed by atoms with Crippen LogP contribution in [0.25, 0.3) is 0 Å². The third-order valence-electron chi connectivity index (χ3n) is 4.79. The van der Waals surface area contributed by atoms with Crippen LogP contribution in [-0.4, -0.2) is 23.0 Å². The van der Waals surface area contributed by atoms with Gasteiger partial charge in [-0.3, -0.25) is 9.59 Å². The average molecular weight is 348 g/mol. The van der Waals surface area contributed by atoms with E-state index in [-0.39, 0.29) is 11.8 Å². The highest BCUT2D eigenvalue weighted by Crippen LogP contribution is 2.57. The van der Waals surface area contributed by atoms with Crippen LogP contribution >= 0.6 is 15.9 Å². The van der Waals surface area contributed by atoms with Crippen molar-refractivity contribution in [1.82, 2.24) is 0 Å². The van der Waals surface area contributed by atoms with Crippen LogP contribution in [0.5, 0.6) is 0 Å². The number of fused-ring (bicyclic) bond motifs is 5. The molecule has 2 fully saturated rings. The average Bonchev–Trinajstić information content (AvgIpc) is 2.95. The van der Waals surface area contributed by atoms with Crippen molar-refractivity contribution >= 4 is 33.4 Å². The van der Waals surface area contributed by atoms with Crippen LogP contribution in [0, 0.1) is 11.8 Å². The summed E-state index contributed by atoms with van der Waals surface area (Å²) in [5.41, 5.74) is -0.736. The Morgan fingerprint density at radius 2 is 1.67 bits per heavy atom. The highest BCUT2D eigenvalue weighted by atomic mass is 79.9. The van der Waals surface area contributed by atoms with Gasteiger partial charge < -0.3 is 4.74 Å². The summed E-state index contributed by atoms with van der Waals surface area (Å²) in [6.07, 6.45) is 3.84. The number of halogens is 1. The molecular weight excluding hydrogens is 334 g/mol. The fourth-order valence-corrected chi connectivity index (χ4v) is 4.29. The van der Waals surface area contributed by atoms with E-state index >= 15 is 0 Å². The van der Waals surface area contributed by atoms with Crippen molar-refractivity contribution in [3.8, 4) is 0 Å². The lowest BCUT2D eigenvalue weighted by Crippen LogP contribution is -2.39. The van der Waals surface area contributed by atoms with Gasteiger partial charge in [0, 0.05) is 4.47 Å². The van der Waals surface area contributed by atoms with E-state index in [0.29, 0.717) is 5.69 Å². The second-order valence-corrected chi connectivity index (χ2v) is 7.17. The molecule has 2 bridgehead atoms. The van der Waals surface area contributed by atoms with E-state index in [9.17, 15) is 9.59 Å². The maximum absolute atomic E-state index is 12.8. The number of carbonyl (C=O) groups excluding carboxylic acids is 2. The van der Waals surface area contributed by atoms with Crippen molar-refractivity contribution in [2.24, 2.45) is 11.8 Å². The molecule has 0 aromatic heterocycles. The Kier molecular flexibility index (Phi) is 2.42. The lowest BCUT2D eigenvalue weighted by Gasteiger charge is -2.25. The second kappa shape index (κ2) is 3.84. The molecule has 0 aliphatic carbocycles. The minimum Gasteiger partial charge on any atom is -0.359 e. The Bertz CT molecular complexity index is 679. The molecule has 21 heavy (non-hydrogen) atoms. The fourth-order valence-electron chi connectivity index (χ4n) is 3.90. The molecule has 5 heteroatoms. The monoisotopic (exact) mass is 347 g/mol. The molecule has 4 rings (SSSR count). The molecule has 4 atom stereocenters. The number of nitrogens with zero attached hydrogens (tertiary/aromatic N) is 1. The van der Waals surface area contributed by atoms with Crippen molar-refractivity contribution in [2.75, 3.05) is 4.90 Å². The molecule has 3 heterocycles. The minimum absolute atomic E-state index is 0.168. The third kappa shape index (κ3) is 1.53. The van der Waals surface area contributed by atoms with Crippen molar-refractivity contribution in [3.05, 3.63) is 40.9 Å². The molecule has 2 amide bonds. The highest BCUT2D eigenvalue weighted by molar-refractivity contribution is 9.10. The number of rotatable bonds is 1. The van der Waals surface area contributed by atoms with Gasteiger partial charge in [-0.2, -0.15) is 0 Å². The van der Waals surface area contributed by atoms with E-state index in [4.69, 9.17) is 4.74 Å². The number of hydrogen-bond donors (Lipinski definition) is 0. The van der Waals surface area contributed by atoms with Crippen LogP contribution in [0.15, 0.2) is 40.9 Å². The summed E-state index contributed by atoms with van der Waals surface area (Å²) < 4.78 is 6.81. The van der Waals surface area contributed by atoms with Crippen LogP contribution in [0.2, 0.25) is 0 Å². The highest BCUT2D eigenvalue weighted by Gasteiger charge is 2.70. The number of amides is 2. The van der Waals surface area contributed by atoms with Gasteiger partial charge in [-0.15, -0.1) is 0 Å². The molecule has 0 spiro atoms. The van der Waals surface area contributed by atoms with Gasteiger partial charge in [0.2, 0.25) is 11.8 Å². The van der Waals surface area contributed by atoms with Gasteiger partial charge in [0.15, 0.2) is 0 Å². The van der Waals surface area contributed by atoms with Gasteiger partial charge in [-0.05, 0) is 32.0 Å². The van der Waals surface area contributed by atoms with Crippen LogP contribution in [0.4, 0.5) is 5.69 Å². The molecular formula is C16H14BrNO3. The first kappa shape index (κ1) is 13.2. The summed E-state index contributed by atoms with van der Waals surface area (Å²) in [6, 6.07) is 7.26. The first-order valence-electron chi connectivity index (χ1n) is 6.90. The summed E-state index contributed by atoms with van der Waals surface area (Å²) >= 11 is 3.38. The molecule has 0 N–H and O–H groups in total. The van der Waals surface area contributed by atoms with Crippen LogP contribution < -0.4 is 4.90 Å². The van der Waals surface area contributed by atoms with Crippen molar-refractivity contribution < 1.29 is 14.3 Å². The lowest BCUT2D eigenvalue weighted by molar-refractivity contribution is -0.128. The SMILES string of the molecule is C[C@]12C=C[C@@](C)(O1)[C@H]1C(=O)N(c3cccc(Br)c3)C(=O)[C@@H]12. The number of anilines is 1. The number of benzene rings is 1. The first-order valence-corrected chi connectivity index (χ1v) is 7.69. The van der Waals surface area contributed by atoms with E-state index in [1.807, 2.05) is 38.1 Å². The second-order valence-electron chi connectivity index (χ2n) is 6.25. The Balaban J connectivity index is 1.82. The summed E-state index contributed by atoms with van der Waals surface area (Å²) in [4.78, 5) is 27.0. The van der Waals surface area contributed by atoms with Gasteiger partial charge >= 0.3 is 0 Å². The number of carbonyl (C=O) groups is 2. The smallest absolute Gasteiger partial charge is 0.241 e. The maximum Gasteiger partial charge on any atom is 0.241 e. The van der Waals surface area contributed by atoms with Crippen LogP contribution in [-0.2, 0) is 14.3 Å². The van der Waals surface area contributed by atoms with E-state index in [2.05, 4.69) is 15.9 Å². The quantitative estimate of drug-likeness (QED) is 0.579. The topological polar surface area (TPSA) is 46.6 Å². The molecule has 1 aromatic rings. The van der Waals surface area contributed by atoms with Crippen molar-refractivity contribution in [1.29, 1.82) is 0 Å². The van der Waals surface area contributed by atoms with E-state index in [0.717, 1.165) is 4.47 Å². The molecule has 1 aromatic carbocycles. The largest absolute Gasteiger partial charge is 0.359 e. The summed E-state index contributed by atoms with van der Waals surface area (Å²) in [7, 11) is 0. The Hall–Kier alpha value is -1.46. The Labute approximate surface area is 130 Å². The maximum atomic E-state index is 12.8. The van der Waals surface area contributed by atoms with E-state index in [1.165, 1.54) is 4.90 Å². The van der Waals surface area contributed by atoms with Gasteiger partial charge in [-0.25, -0.2) is 4.90 Å². The predicted molar refractivity (Wildman–Crippen MR) is 80.7 cm³/mol. The predicted octanol–water partition coefficient (Wildman–Crippen LogP) is 2.67. The zero-order chi connectivity index (χ0) is 15.0. The molecule has 2 saturated heterocycles. The zero-order valence-corrected chi connectivity index (χ0v) is 13.3. The molecule has 0 unspecified atom stereocenters. The third-order valence-corrected chi connectivity index (χ3v) is 5.29. The summed E-state index contributed by atoms with van der Waals surface area (Å²) in [5, 5.41) is 0. The van der Waals surface area contributed by atoms with Gasteiger partial charge in [0.25, 0.3) is 0 Å².